The molecule has 122 valence electrons. The molecule has 0 unspecified atom stereocenters. The SMILES string of the molecule is CC(C)(C)c1cn(C[C@H]2OC[C@H](O)[C@H]2NC(=O)C2CC2)nn1. The molecule has 1 amide bonds. The highest BCUT2D eigenvalue weighted by molar-refractivity contribution is 5.81. The van der Waals surface area contributed by atoms with Crippen molar-refractivity contribution in [3.63, 3.8) is 0 Å². The van der Waals surface area contributed by atoms with Gasteiger partial charge in [-0.15, -0.1) is 5.10 Å². The van der Waals surface area contributed by atoms with Crippen molar-refractivity contribution in [1.82, 2.24) is 20.3 Å². The van der Waals surface area contributed by atoms with Crippen molar-refractivity contribution in [3.05, 3.63) is 11.9 Å². The molecule has 22 heavy (non-hydrogen) atoms. The third-order valence-corrected chi connectivity index (χ3v) is 4.23. The van der Waals surface area contributed by atoms with Crippen LogP contribution in [0.25, 0.3) is 0 Å². The van der Waals surface area contributed by atoms with E-state index >= 15 is 0 Å². The first-order valence-electron chi connectivity index (χ1n) is 7.85. The maximum atomic E-state index is 11.9. The fraction of sp³-hybridized carbons (Fsp3) is 0.800. The Labute approximate surface area is 130 Å². The van der Waals surface area contributed by atoms with E-state index in [2.05, 4.69) is 36.4 Å². The van der Waals surface area contributed by atoms with Crippen molar-refractivity contribution in [2.24, 2.45) is 5.92 Å². The van der Waals surface area contributed by atoms with Crippen LogP contribution in [0.3, 0.4) is 0 Å². The average Bonchev–Trinajstić information content (AvgIpc) is 3.10. The molecule has 2 N–H and O–H groups in total. The van der Waals surface area contributed by atoms with Crippen molar-refractivity contribution in [2.45, 2.75) is 63.8 Å². The molecule has 1 aliphatic heterocycles. The van der Waals surface area contributed by atoms with Crippen molar-refractivity contribution in [2.75, 3.05) is 6.61 Å². The minimum absolute atomic E-state index is 0.0218. The summed E-state index contributed by atoms with van der Waals surface area (Å²) < 4.78 is 7.35. The third-order valence-electron chi connectivity index (χ3n) is 4.23. The summed E-state index contributed by atoms with van der Waals surface area (Å²) in [6.45, 7) is 6.94. The van der Waals surface area contributed by atoms with E-state index in [9.17, 15) is 9.90 Å². The number of aliphatic hydroxyl groups excluding tert-OH is 1. The molecule has 2 heterocycles. The molecule has 1 saturated heterocycles. The first-order chi connectivity index (χ1) is 10.3. The molecule has 1 aromatic heterocycles. The highest BCUT2D eigenvalue weighted by Crippen LogP contribution is 2.29. The number of rotatable bonds is 4. The Morgan fingerprint density at radius 2 is 2.23 bits per heavy atom. The lowest BCUT2D eigenvalue weighted by atomic mass is 9.93. The van der Waals surface area contributed by atoms with Crippen LogP contribution in [0.2, 0.25) is 0 Å². The Kier molecular flexibility index (Phi) is 3.94. The van der Waals surface area contributed by atoms with E-state index in [4.69, 9.17) is 4.74 Å². The summed E-state index contributed by atoms with van der Waals surface area (Å²) in [5.74, 6) is 0.140. The van der Waals surface area contributed by atoms with Gasteiger partial charge in [-0.1, -0.05) is 26.0 Å². The third kappa shape index (κ3) is 3.30. The van der Waals surface area contributed by atoms with Crippen LogP contribution < -0.4 is 5.32 Å². The summed E-state index contributed by atoms with van der Waals surface area (Å²) in [6, 6.07) is -0.379. The molecular formula is C15H24N4O3. The minimum atomic E-state index is -0.668. The van der Waals surface area contributed by atoms with Gasteiger partial charge in [-0.25, -0.2) is 4.68 Å². The lowest BCUT2D eigenvalue weighted by molar-refractivity contribution is -0.124. The number of aromatic nitrogens is 3. The largest absolute Gasteiger partial charge is 0.388 e. The van der Waals surface area contributed by atoms with Crippen LogP contribution in [-0.2, 0) is 21.5 Å². The van der Waals surface area contributed by atoms with Gasteiger partial charge in [0.25, 0.3) is 0 Å². The minimum Gasteiger partial charge on any atom is -0.388 e. The van der Waals surface area contributed by atoms with Crippen molar-refractivity contribution in [3.8, 4) is 0 Å². The molecule has 7 nitrogen and oxygen atoms in total. The van der Waals surface area contributed by atoms with Gasteiger partial charge < -0.3 is 15.2 Å². The molecule has 0 radical (unpaired) electrons. The van der Waals surface area contributed by atoms with Crippen LogP contribution in [0.5, 0.6) is 0 Å². The fourth-order valence-corrected chi connectivity index (χ4v) is 2.58. The van der Waals surface area contributed by atoms with Crippen LogP contribution >= 0.6 is 0 Å². The molecule has 0 bridgehead atoms. The molecule has 3 atom stereocenters. The summed E-state index contributed by atoms with van der Waals surface area (Å²) in [4.78, 5) is 11.9. The van der Waals surface area contributed by atoms with E-state index in [0.29, 0.717) is 6.54 Å². The van der Waals surface area contributed by atoms with E-state index in [1.807, 2.05) is 6.20 Å². The molecule has 0 spiro atoms. The number of aliphatic hydroxyl groups is 1. The average molecular weight is 308 g/mol. The van der Waals surface area contributed by atoms with Gasteiger partial charge in [-0.2, -0.15) is 0 Å². The maximum absolute atomic E-state index is 11.9. The highest BCUT2D eigenvalue weighted by atomic mass is 16.5. The molecule has 3 rings (SSSR count). The van der Waals surface area contributed by atoms with Crippen molar-refractivity contribution >= 4 is 5.91 Å². The summed E-state index contributed by atoms with van der Waals surface area (Å²) in [5, 5.41) is 21.3. The van der Waals surface area contributed by atoms with Gasteiger partial charge in [0.15, 0.2) is 0 Å². The number of nitrogens with one attached hydrogen (secondary N) is 1. The van der Waals surface area contributed by atoms with Gasteiger partial charge in [0, 0.05) is 17.5 Å². The number of hydrogen-bond donors (Lipinski definition) is 2. The normalized spacial score (nSPS) is 28.8. The van der Waals surface area contributed by atoms with Crippen molar-refractivity contribution < 1.29 is 14.6 Å². The molecule has 0 aromatic carbocycles. The lowest BCUT2D eigenvalue weighted by Crippen LogP contribution is -2.48. The van der Waals surface area contributed by atoms with Gasteiger partial charge in [-0.3, -0.25) is 4.79 Å². The lowest BCUT2D eigenvalue weighted by Gasteiger charge is -2.21. The van der Waals surface area contributed by atoms with Crippen LogP contribution in [0.15, 0.2) is 6.20 Å². The van der Waals surface area contributed by atoms with E-state index in [-0.39, 0.29) is 36.0 Å². The predicted octanol–water partition coefficient (Wildman–Crippen LogP) is 0.230. The molecular weight excluding hydrogens is 284 g/mol. The summed E-state index contributed by atoms with van der Waals surface area (Å²) in [6.07, 6.45) is 2.83. The Morgan fingerprint density at radius 1 is 1.50 bits per heavy atom. The van der Waals surface area contributed by atoms with Gasteiger partial charge in [-0.05, 0) is 12.8 Å². The number of ether oxygens (including phenoxy) is 1. The Bertz CT molecular complexity index is 547. The number of hydrogen-bond acceptors (Lipinski definition) is 5. The molecule has 1 aliphatic carbocycles. The van der Waals surface area contributed by atoms with E-state index in [0.717, 1.165) is 18.5 Å². The summed E-state index contributed by atoms with van der Waals surface area (Å²) in [5.41, 5.74) is 0.845. The van der Waals surface area contributed by atoms with Crippen LogP contribution in [-0.4, -0.2) is 50.9 Å². The zero-order valence-corrected chi connectivity index (χ0v) is 13.3. The maximum Gasteiger partial charge on any atom is 0.223 e. The van der Waals surface area contributed by atoms with E-state index in [1.165, 1.54) is 0 Å². The molecule has 2 aliphatic rings. The van der Waals surface area contributed by atoms with E-state index in [1.54, 1.807) is 4.68 Å². The Hall–Kier alpha value is -1.47. The van der Waals surface area contributed by atoms with E-state index < -0.39 is 6.10 Å². The Morgan fingerprint density at radius 3 is 2.82 bits per heavy atom. The van der Waals surface area contributed by atoms with Gasteiger partial charge in [0.05, 0.1) is 31.0 Å². The monoisotopic (exact) mass is 308 g/mol. The van der Waals surface area contributed by atoms with Gasteiger partial charge in [0.2, 0.25) is 5.91 Å². The number of nitrogens with zero attached hydrogens (tertiary/aromatic N) is 3. The zero-order valence-electron chi connectivity index (χ0n) is 13.3. The predicted molar refractivity (Wildman–Crippen MR) is 79.1 cm³/mol. The molecule has 1 saturated carbocycles. The smallest absolute Gasteiger partial charge is 0.223 e. The van der Waals surface area contributed by atoms with Crippen LogP contribution in [0.1, 0.15) is 39.3 Å². The first-order valence-corrected chi connectivity index (χ1v) is 7.85. The number of carbonyl (C=O) groups is 1. The summed E-state index contributed by atoms with van der Waals surface area (Å²) in [7, 11) is 0. The second kappa shape index (κ2) is 5.62. The fourth-order valence-electron chi connectivity index (χ4n) is 2.58. The highest BCUT2D eigenvalue weighted by Gasteiger charge is 2.40. The molecule has 7 heteroatoms. The topological polar surface area (TPSA) is 89.3 Å². The van der Waals surface area contributed by atoms with Gasteiger partial charge >= 0.3 is 0 Å². The number of carbonyl (C=O) groups excluding carboxylic acids is 1. The second-order valence-electron chi connectivity index (χ2n) is 7.32. The molecule has 2 fully saturated rings. The summed E-state index contributed by atoms with van der Waals surface area (Å²) >= 11 is 0. The van der Waals surface area contributed by atoms with Crippen molar-refractivity contribution in [1.29, 1.82) is 0 Å². The first kappa shape index (κ1) is 15.4. The van der Waals surface area contributed by atoms with Gasteiger partial charge in [0.1, 0.15) is 6.10 Å². The standard InChI is InChI=1S/C15H24N4O3/c1-15(2,3)12-7-19(18-17-12)6-11-13(10(20)8-22-11)16-14(21)9-4-5-9/h7,9-11,13,20H,4-6,8H2,1-3H3,(H,16,21)/t10-,11+,13+/m0/s1. The zero-order chi connectivity index (χ0) is 15.9. The molecule has 1 aromatic rings. The quantitative estimate of drug-likeness (QED) is 0.831. The van der Waals surface area contributed by atoms with Crippen LogP contribution in [0.4, 0.5) is 0 Å². The van der Waals surface area contributed by atoms with Crippen LogP contribution in [0, 0.1) is 5.92 Å². The second-order valence-corrected chi connectivity index (χ2v) is 7.32. The Balaban J connectivity index is 1.65. The number of amides is 1.